The number of hydrogen-bond acceptors (Lipinski definition) is 5. The van der Waals surface area contributed by atoms with E-state index in [1.807, 2.05) is 13.8 Å². The Morgan fingerprint density at radius 1 is 1.25 bits per heavy atom. The van der Waals surface area contributed by atoms with Crippen LogP contribution in [0, 0.1) is 22.6 Å². The zero-order valence-electron chi connectivity index (χ0n) is 18.2. The van der Waals surface area contributed by atoms with Crippen LogP contribution in [0.1, 0.15) is 45.6 Å². The van der Waals surface area contributed by atoms with Crippen LogP contribution >= 0.6 is 0 Å². The molecule has 0 unspecified atom stereocenters. The van der Waals surface area contributed by atoms with Gasteiger partial charge in [0.2, 0.25) is 10.0 Å². The van der Waals surface area contributed by atoms with E-state index in [4.69, 9.17) is 0 Å². The highest BCUT2D eigenvalue weighted by Gasteiger charge is 2.65. The molecule has 0 N–H and O–H groups in total. The first-order valence-corrected chi connectivity index (χ1v) is 12.3. The molecule has 4 rings (SSSR count). The van der Waals surface area contributed by atoms with Crippen molar-refractivity contribution in [1.82, 2.24) is 9.29 Å². The molecule has 0 radical (unpaired) electrons. The van der Waals surface area contributed by atoms with Crippen molar-refractivity contribution in [1.29, 1.82) is 0 Å². The van der Waals surface area contributed by atoms with E-state index in [9.17, 15) is 30.8 Å². The van der Waals surface area contributed by atoms with E-state index in [2.05, 4.69) is 4.98 Å². The average Bonchev–Trinajstić information content (AvgIpc) is 3.01. The predicted molar refractivity (Wildman–Crippen MR) is 110 cm³/mol. The molecule has 11 heteroatoms. The van der Waals surface area contributed by atoms with Crippen molar-refractivity contribution in [3.05, 3.63) is 23.6 Å². The number of halogens is 4. The maximum Gasteiger partial charge on any atom is 0.417 e. The van der Waals surface area contributed by atoms with Gasteiger partial charge in [0.15, 0.2) is 11.6 Å². The second kappa shape index (κ2) is 7.38. The van der Waals surface area contributed by atoms with E-state index in [0.29, 0.717) is 25.1 Å². The van der Waals surface area contributed by atoms with Crippen molar-refractivity contribution >= 4 is 21.6 Å². The van der Waals surface area contributed by atoms with Crippen LogP contribution < -0.4 is 4.90 Å². The van der Waals surface area contributed by atoms with Crippen molar-refractivity contribution in [3.63, 3.8) is 0 Å². The highest BCUT2D eigenvalue weighted by molar-refractivity contribution is 7.89. The molecular weight excluding hydrogens is 450 g/mol. The summed E-state index contributed by atoms with van der Waals surface area (Å²) in [6.07, 6.45) is -2.29. The summed E-state index contributed by atoms with van der Waals surface area (Å²) < 4.78 is 80.8. The summed E-state index contributed by atoms with van der Waals surface area (Å²) in [5.41, 5.74) is -2.44. The second-order valence-corrected chi connectivity index (χ2v) is 11.8. The Balaban J connectivity index is 1.51. The van der Waals surface area contributed by atoms with Gasteiger partial charge in [-0.3, -0.25) is 4.79 Å². The van der Waals surface area contributed by atoms with E-state index >= 15 is 0 Å². The molecule has 1 aliphatic heterocycles. The topological polar surface area (TPSA) is 70.6 Å². The van der Waals surface area contributed by atoms with E-state index in [1.165, 1.54) is 9.21 Å². The fraction of sp³-hybridized carbons (Fsp3) is 0.714. The first kappa shape index (κ1) is 23.4. The fourth-order valence-electron chi connectivity index (χ4n) is 5.87. The molecule has 1 saturated heterocycles. The number of Topliss-reactive ketones (excluding diaryl/α,β-unsaturated/α-hetero) is 1. The molecule has 1 aromatic heterocycles. The molecule has 2 aliphatic carbocycles. The third-order valence-corrected chi connectivity index (χ3v) is 10.1. The molecule has 3 atom stereocenters. The van der Waals surface area contributed by atoms with Gasteiger partial charge >= 0.3 is 6.18 Å². The molecule has 2 bridgehead atoms. The maximum atomic E-state index is 14.3. The van der Waals surface area contributed by atoms with Crippen LogP contribution in [0.4, 0.5) is 23.4 Å². The Morgan fingerprint density at radius 2 is 1.94 bits per heavy atom. The average molecular weight is 478 g/mol. The van der Waals surface area contributed by atoms with Crippen molar-refractivity contribution in [2.45, 2.75) is 52.3 Å². The Morgan fingerprint density at radius 3 is 2.44 bits per heavy atom. The first-order chi connectivity index (χ1) is 14.7. The van der Waals surface area contributed by atoms with Gasteiger partial charge in [0, 0.05) is 43.7 Å². The van der Waals surface area contributed by atoms with Gasteiger partial charge in [0.05, 0.1) is 11.3 Å². The van der Waals surface area contributed by atoms with Gasteiger partial charge in [0.25, 0.3) is 0 Å². The Hall–Kier alpha value is -1.75. The third-order valence-electron chi connectivity index (χ3n) is 7.94. The maximum absolute atomic E-state index is 14.3. The molecule has 2 saturated carbocycles. The molecule has 1 aromatic rings. The summed E-state index contributed by atoms with van der Waals surface area (Å²) in [6.45, 7) is 5.84. The molecule has 178 valence electrons. The number of alkyl halides is 3. The Labute approximate surface area is 185 Å². The number of aromatic nitrogens is 1. The van der Waals surface area contributed by atoms with Gasteiger partial charge in [-0.05, 0) is 37.2 Å². The predicted octanol–water partition coefficient (Wildman–Crippen LogP) is 3.48. The van der Waals surface area contributed by atoms with Crippen LogP contribution in [0.3, 0.4) is 0 Å². The third kappa shape index (κ3) is 3.52. The molecule has 32 heavy (non-hydrogen) atoms. The van der Waals surface area contributed by atoms with Crippen LogP contribution in [-0.2, 0) is 21.0 Å². The molecular formula is C21H27F4N3O3S. The molecule has 3 aliphatic rings. The number of piperazine rings is 1. The quantitative estimate of drug-likeness (QED) is 0.621. The monoisotopic (exact) mass is 477 g/mol. The lowest BCUT2D eigenvalue weighted by molar-refractivity contribution is -0.138. The Bertz CT molecular complexity index is 1040. The van der Waals surface area contributed by atoms with Crippen LogP contribution in [0.15, 0.2) is 12.3 Å². The highest BCUT2D eigenvalue weighted by atomic mass is 32.2. The molecule has 3 fully saturated rings. The summed E-state index contributed by atoms with van der Waals surface area (Å²) in [4.78, 5) is 17.9. The number of hydrogen-bond donors (Lipinski definition) is 0. The summed E-state index contributed by atoms with van der Waals surface area (Å²) >= 11 is 0. The lowest BCUT2D eigenvalue weighted by Crippen LogP contribution is -2.57. The zero-order chi connectivity index (χ0) is 23.7. The van der Waals surface area contributed by atoms with Crippen LogP contribution in [0.25, 0.3) is 0 Å². The summed E-state index contributed by atoms with van der Waals surface area (Å²) in [5.74, 6) is -1.35. The fourth-order valence-corrected chi connectivity index (χ4v) is 8.31. The van der Waals surface area contributed by atoms with Crippen molar-refractivity contribution in [3.8, 4) is 0 Å². The number of sulfonamides is 1. The van der Waals surface area contributed by atoms with Gasteiger partial charge in [-0.1, -0.05) is 13.8 Å². The number of fused-ring (bicyclic) bond motifs is 2. The number of nitrogens with zero attached hydrogens (tertiary/aromatic N) is 3. The molecule has 0 spiro atoms. The second-order valence-electron chi connectivity index (χ2n) is 9.86. The lowest BCUT2D eigenvalue weighted by atomic mass is 9.70. The van der Waals surface area contributed by atoms with Gasteiger partial charge in [-0.25, -0.2) is 17.8 Å². The summed E-state index contributed by atoms with van der Waals surface area (Å²) in [5, 5.41) is 0. The van der Waals surface area contributed by atoms with Crippen molar-refractivity contribution in [2.75, 3.05) is 30.3 Å². The normalized spacial score (nSPS) is 30.8. The number of carbonyl (C=O) groups is 1. The molecule has 2 heterocycles. The summed E-state index contributed by atoms with van der Waals surface area (Å²) in [6, 6.07) is -0.148. The van der Waals surface area contributed by atoms with Gasteiger partial charge < -0.3 is 4.90 Å². The van der Waals surface area contributed by atoms with Crippen LogP contribution in [0.2, 0.25) is 0 Å². The SMILES string of the molecule is C[C@H]1CN(c2ncc(C(F)(F)F)cc2F)CCN1S(=O)(=O)C[C@]12CC[C@@H](CC1=O)C2(C)C. The van der Waals surface area contributed by atoms with Crippen LogP contribution in [-0.4, -0.2) is 54.9 Å². The minimum atomic E-state index is -4.70. The van der Waals surface area contributed by atoms with E-state index < -0.39 is 39.0 Å². The minimum Gasteiger partial charge on any atom is -0.351 e. The number of ketones is 1. The number of rotatable bonds is 4. The standard InChI is InChI=1S/C21H27F4N3O3S/c1-13-11-27(18-16(22)8-15(10-26-18)21(23,24)25)6-7-28(13)32(30,31)12-20-5-4-14(9-17(20)29)19(20,2)3/h8,10,13-14H,4-7,9,11-12H2,1-3H3/t13-,14-,20+/m0/s1. The largest absolute Gasteiger partial charge is 0.417 e. The lowest BCUT2D eigenvalue weighted by Gasteiger charge is -2.42. The van der Waals surface area contributed by atoms with E-state index in [1.54, 1.807) is 6.92 Å². The number of carbonyl (C=O) groups excluding carboxylic acids is 1. The van der Waals surface area contributed by atoms with E-state index in [0.717, 1.165) is 6.42 Å². The van der Waals surface area contributed by atoms with Crippen LogP contribution in [0.5, 0.6) is 0 Å². The van der Waals surface area contributed by atoms with Gasteiger partial charge in [-0.2, -0.15) is 17.5 Å². The van der Waals surface area contributed by atoms with Gasteiger partial charge in [0.1, 0.15) is 5.78 Å². The number of pyridine rings is 1. The molecule has 6 nitrogen and oxygen atoms in total. The summed E-state index contributed by atoms with van der Waals surface area (Å²) in [7, 11) is -3.78. The number of anilines is 1. The zero-order valence-corrected chi connectivity index (χ0v) is 19.1. The van der Waals surface area contributed by atoms with Crippen molar-refractivity contribution < 1.29 is 30.8 Å². The van der Waals surface area contributed by atoms with Crippen molar-refractivity contribution in [2.24, 2.45) is 16.7 Å². The van der Waals surface area contributed by atoms with Gasteiger partial charge in [-0.15, -0.1) is 0 Å². The molecule has 0 aromatic carbocycles. The highest BCUT2D eigenvalue weighted by Crippen LogP contribution is 2.64. The Kier molecular flexibility index (Phi) is 5.40. The smallest absolute Gasteiger partial charge is 0.351 e. The molecule has 0 amide bonds. The minimum absolute atomic E-state index is 0.0182. The first-order valence-electron chi connectivity index (χ1n) is 10.7. The van der Waals surface area contributed by atoms with E-state index in [-0.39, 0.29) is 48.3 Å².